The van der Waals surface area contributed by atoms with Crippen LogP contribution in [0.1, 0.15) is 47.0 Å². The third-order valence-electron chi connectivity index (χ3n) is 2.86. The molecule has 0 spiro atoms. The Morgan fingerprint density at radius 1 is 1.41 bits per heavy atom. The number of nitrogens with one attached hydrogen (secondary N) is 2. The van der Waals surface area contributed by atoms with Crippen molar-refractivity contribution >= 4 is 5.91 Å². The molecule has 1 heterocycles. The first kappa shape index (κ1) is 14.5. The molecule has 4 nitrogen and oxygen atoms in total. The van der Waals surface area contributed by atoms with E-state index in [0.29, 0.717) is 12.5 Å². The van der Waals surface area contributed by atoms with E-state index in [1.807, 2.05) is 0 Å². The van der Waals surface area contributed by atoms with E-state index in [0.717, 1.165) is 26.0 Å². The van der Waals surface area contributed by atoms with Gasteiger partial charge in [0.25, 0.3) is 0 Å². The summed E-state index contributed by atoms with van der Waals surface area (Å²) in [5.41, 5.74) is 0.0769. The van der Waals surface area contributed by atoms with E-state index in [2.05, 4.69) is 38.3 Å². The molecular weight excluding hydrogens is 216 g/mol. The van der Waals surface area contributed by atoms with E-state index in [9.17, 15) is 4.79 Å². The van der Waals surface area contributed by atoms with Crippen molar-refractivity contribution in [3.05, 3.63) is 0 Å². The Kier molecular flexibility index (Phi) is 5.40. The summed E-state index contributed by atoms with van der Waals surface area (Å²) in [7, 11) is 0. The number of amides is 1. The predicted octanol–water partition coefficient (Wildman–Crippen LogP) is 1.45. The van der Waals surface area contributed by atoms with Crippen LogP contribution in [0.4, 0.5) is 0 Å². The molecule has 1 rings (SSSR count). The zero-order valence-corrected chi connectivity index (χ0v) is 11.5. The lowest BCUT2D eigenvalue weighted by atomic mass is 10.0. The van der Waals surface area contributed by atoms with Gasteiger partial charge in [0.05, 0.1) is 6.10 Å². The fourth-order valence-corrected chi connectivity index (χ4v) is 1.98. The molecule has 1 aliphatic heterocycles. The molecule has 4 heteroatoms. The Morgan fingerprint density at radius 3 is 2.71 bits per heavy atom. The SMILES string of the molecule is CC1CC(NC(=O)CCNC(C)(C)C)CCO1. The topological polar surface area (TPSA) is 50.4 Å². The second kappa shape index (κ2) is 6.36. The van der Waals surface area contributed by atoms with Crippen LogP contribution in [0.2, 0.25) is 0 Å². The minimum Gasteiger partial charge on any atom is -0.378 e. The molecule has 2 unspecified atom stereocenters. The van der Waals surface area contributed by atoms with Gasteiger partial charge in [0, 0.05) is 31.2 Å². The fourth-order valence-electron chi connectivity index (χ4n) is 1.98. The lowest BCUT2D eigenvalue weighted by molar-refractivity contribution is -0.122. The number of ether oxygens (including phenoxy) is 1. The first-order chi connectivity index (χ1) is 7.87. The van der Waals surface area contributed by atoms with Crippen LogP contribution < -0.4 is 10.6 Å². The summed E-state index contributed by atoms with van der Waals surface area (Å²) in [6.45, 7) is 9.85. The molecule has 0 aromatic rings. The Labute approximate surface area is 104 Å². The average Bonchev–Trinajstić information content (AvgIpc) is 2.15. The Balaban J connectivity index is 2.16. The van der Waals surface area contributed by atoms with Gasteiger partial charge >= 0.3 is 0 Å². The van der Waals surface area contributed by atoms with E-state index >= 15 is 0 Å². The molecule has 0 saturated carbocycles. The van der Waals surface area contributed by atoms with Gasteiger partial charge in [-0.1, -0.05) is 0 Å². The molecule has 2 atom stereocenters. The Bertz CT molecular complexity index is 248. The van der Waals surface area contributed by atoms with Crippen molar-refractivity contribution in [3.8, 4) is 0 Å². The van der Waals surface area contributed by atoms with Gasteiger partial charge in [-0.05, 0) is 40.5 Å². The first-order valence-electron chi connectivity index (χ1n) is 6.53. The molecule has 100 valence electrons. The lowest BCUT2D eigenvalue weighted by Gasteiger charge is -2.28. The zero-order valence-electron chi connectivity index (χ0n) is 11.5. The second-order valence-electron chi connectivity index (χ2n) is 5.90. The van der Waals surface area contributed by atoms with Gasteiger partial charge in [-0.25, -0.2) is 0 Å². The number of hydrogen-bond donors (Lipinski definition) is 2. The van der Waals surface area contributed by atoms with Gasteiger partial charge < -0.3 is 15.4 Å². The van der Waals surface area contributed by atoms with Crippen molar-refractivity contribution in [1.29, 1.82) is 0 Å². The third kappa shape index (κ3) is 6.64. The molecule has 0 aliphatic carbocycles. The molecule has 17 heavy (non-hydrogen) atoms. The highest BCUT2D eigenvalue weighted by Gasteiger charge is 2.20. The zero-order chi connectivity index (χ0) is 12.9. The van der Waals surface area contributed by atoms with E-state index in [1.165, 1.54) is 0 Å². The maximum atomic E-state index is 11.7. The van der Waals surface area contributed by atoms with Gasteiger partial charge in [0.15, 0.2) is 0 Å². The minimum absolute atomic E-state index is 0.0769. The number of carbonyl (C=O) groups is 1. The second-order valence-corrected chi connectivity index (χ2v) is 5.90. The lowest BCUT2D eigenvalue weighted by Crippen LogP contribution is -2.43. The summed E-state index contributed by atoms with van der Waals surface area (Å²) in [5.74, 6) is 0.140. The van der Waals surface area contributed by atoms with Crippen LogP contribution in [0.15, 0.2) is 0 Å². The average molecular weight is 242 g/mol. The monoisotopic (exact) mass is 242 g/mol. The summed E-state index contributed by atoms with van der Waals surface area (Å²) < 4.78 is 5.45. The summed E-state index contributed by atoms with van der Waals surface area (Å²) in [5, 5.41) is 6.39. The van der Waals surface area contributed by atoms with Gasteiger partial charge in [0.2, 0.25) is 5.91 Å². The van der Waals surface area contributed by atoms with E-state index in [1.54, 1.807) is 0 Å². The van der Waals surface area contributed by atoms with Crippen LogP contribution in [-0.4, -0.2) is 36.7 Å². The van der Waals surface area contributed by atoms with E-state index in [-0.39, 0.29) is 17.6 Å². The standard InChI is InChI=1S/C13H26N2O2/c1-10-9-11(6-8-17-10)15-12(16)5-7-14-13(2,3)4/h10-11,14H,5-9H2,1-4H3,(H,15,16). The maximum Gasteiger partial charge on any atom is 0.221 e. The van der Waals surface area contributed by atoms with Gasteiger partial charge in [-0.15, -0.1) is 0 Å². The summed E-state index contributed by atoms with van der Waals surface area (Å²) in [4.78, 5) is 11.7. The smallest absolute Gasteiger partial charge is 0.221 e. The van der Waals surface area contributed by atoms with Crippen molar-refractivity contribution in [1.82, 2.24) is 10.6 Å². The molecule has 0 aromatic carbocycles. The van der Waals surface area contributed by atoms with Gasteiger partial charge in [-0.3, -0.25) is 4.79 Å². The van der Waals surface area contributed by atoms with E-state index in [4.69, 9.17) is 4.74 Å². The molecule has 1 amide bonds. The van der Waals surface area contributed by atoms with Crippen LogP contribution in [0, 0.1) is 0 Å². The van der Waals surface area contributed by atoms with Crippen LogP contribution in [0.5, 0.6) is 0 Å². The molecule has 1 saturated heterocycles. The summed E-state index contributed by atoms with van der Waals surface area (Å²) in [6.07, 6.45) is 2.67. The molecule has 1 fully saturated rings. The highest BCUT2D eigenvalue weighted by molar-refractivity contribution is 5.76. The summed E-state index contributed by atoms with van der Waals surface area (Å²) in [6, 6.07) is 0.292. The summed E-state index contributed by atoms with van der Waals surface area (Å²) >= 11 is 0. The number of rotatable bonds is 4. The van der Waals surface area contributed by atoms with Crippen molar-refractivity contribution < 1.29 is 9.53 Å². The predicted molar refractivity (Wildman–Crippen MR) is 69.0 cm³/mol. The van der Waals surface area contributed by atoms with Crippen LogP contribution >= 0.6 is 0 Å². The van der Waals surface area contributed by atoms with Gasteiger partial charge in [-0.2, -0.15) is 0 Å². The molecule has 0 aromatic heterocycles. The van der Waals surface area contributed by atoms with Crippen LogP contribution in [0.3, 0.4) is 0 Å². The quantitative estimate of drug-likeness (QED) is 0.784. The number of carbonyl (C=O) groups excluding carboxylic acids is 1. The van der Waals surface area contributed by atoms with Crippen LogP contribution in [0.25, 0.3) is 0 Å². The van der Waals surface area contributed by atoms with Gasteiger partial charge in [0.1, 0.15) is 0 Å². The molecule has 2 N–H and O–H groups in total. The number of hydrogen-bond acceptors (Lipinski definition) is 3. The van der Waals surface area contributed by atoms with Crippen molar-refractivity contribution in [2.24, 2.45) is 0 Å². The first-order valence-corrected chi connectivity index (χ1v) is 6.53. The van der Waals surface area contributed by atoms with Crippen molar-refractivity contribution in [2.75, 3.05) is 13.2 Å². The minimum atomic E-state index is 0.0769. The Hall–Kier alpha value is -0.610. The van der Waals surface area contributed by atoms with Crippen LogP contribution in [-0.2, 0) is 9.53 Å². The normalized spacial score (nSPS) is 25.6. The highest BCUT2D eigenvalue weighted by atomic mass is 16.5. The molecule has 0 bridgehead atoms. The van der Waals surface area contributed by atoms with Crippen molar-refractivity contribution in [2.45, 2.75) is 64.6 Å². The fraction of sp³-hybridized carbons (Fsp3) is 0.923. The maximum absolute atomic E-state index is 11.7. The van der Waals surface area contributed by atoms with E-state index < -0.39 is 0 Å². The molecular formula is C13H26N2O2. The molecule has 0 radical (unpaired) electrons. The Morgan fingerprint density at radius 2 is 2.12 bits per heavy atom. The third-order valence-corrected chi connectivity index (χ3v) is 2.86. The van der Waals surface area contributed by atoms with Crippen molar-refractivity contribution in [3.63, 3.8) is 0 Å². The highest BCUT2D eigenvalue weighted by Crippen LogP contribution is 2.13. The molecule has 1 aliphatic rings. The largest absolute Gasteiger partial charge is 0.378 e.